The van der Waals surface area contributed by atoms with E-state index in [1.807, 2.05) is 0 Å². The topological polar surface area (TPSA) is 88.0 Å². The molecule has 0 bridgehead atoms. The molecule has 2 N–H and O–H groups in total. The highest BCUT2D eigenvalue weighted by Gasteiger charge is 2.48. The number of nitrogens with one attached hydrogen (secondary N) is 1. The fourth-order valence-electron chi connectivity index (χ4n) is 4.19. The van der Waals surface area contributed by atoms with Crippen LogP contribution in [0.4, 0.5) is 22.0 Å². The third kappa shape index (κ3) is 5.46. The van der Waals surface area contributed by atoms with Crippen LogP contribution in [0.25, 0.3) is 11.4 Å². The normalized spacial score (nSPS) is 17.9. The van der Waals surface area contributed by atoms with Crippen LogP contribution >= 0.6 is 11.6 Å². The van der Waals surface area contributed by atoms with Crippen LogP contribution < -0.4 is 5.32 Å². The summed E-state index contributed by atoms with van der Waals surface area (Å²) < 4.78 is 67.6. The molecule has 2 aromatic heterocycles. The Morgan fingerprint density at radius 1 is 1.00 bits per heavy atom. The van der Waals surface area contributed by atoms with Gasteiger partial charge in [0.2, 0.25) is 5.92 Å². The molecule has 0 saturated heterocycles. The number of nitrogens with zero attached hydrogens (tertiary/aromatic N) is 3. The van der Waals surface area contributed by atoms with Gasteiger partial charge in [-0.15, -0.1) is 0 Å². The smallest absolute Gasteiger partial charge is 0.387 e. The van der Waals surface area contributed by atoms with Gasteiger partial charge in [-0.1, -0.05) is 29.8 Å². The SMILES string of the molecule is O=C(NC(c1cccc(-c2ncccn2)c1)C1(O)CCC(F)(F)CC1)c1nccc(C(F)(F)F)c1Cl. The summed E-state index contributed by atoms with van der Waals surface area (Å²) in [4.78, 5) is 25.1. The number of aromatic nitrogens is 3. The predicted octanol–water partition coefficient (Wildman–Crippen LogP) is 5.62. The van der Waals surface area contributed by atoms with Gasteiger partial charge in [0, 0.05) is 37.0 Å². The summed E-state index contributed by atoms with van der Waals surface area (Å²) in [6.07, 6.45) is -2.96. The second kappa shape index (κ2) is 9.70. The average Bonchev–Trinajstić information content (AvgIpc) is 2.84. The van der Waals surface area contributed by atoms with Crippen molar-refractivity contribution in [3.05, 3.63) is 76.8 Å². The lowest BCUT2D eigenvalue weighted by Gasteiger charge is -2.42. The average molecular weight is 527 g/mol. The largest absolute Gasteiger partial charge is 0.417 e. The van der Waals surface area contributed by atoms with Gasteiger partial charge in [0.05, 0.1) is 22.2 Å². The van der Waals surface area contributed by atoms with E-state index in [9.17, 15) is 31.9 Å². The zero-order valence-electron chi connectivity index (χ0n) is 18.6. The monoisotopic (exact) mass is 526 g/mol. The molecule has 1 amide bonds. The highest BCUT2D eigenvalue weighted by Crippen LogP contribution is 2.45. The molecule has 2 heterocycles. The molecule has 0 spiro atoms. The summed E-state index contributed by atoms with van der Waals surface area (Å²) in [5, 5.41) is 13.0. The van der Waals surface area contributed by atoms with Crippen LogP contribution in [0.2, 0.25) is 5.02 Å². The van der Waals surface area contributed by atoms with Gasteiger partial charge in [0.15, 0.2) is 5.82 Å². The highest BCUT2D eigenvalue weighted by molar-refractivity contribution is 6.34. The second-order valence-electron chi connectivity index (χ2n) is 8.58. The van der Waals surface area contributed by atoms with Gasteiger partial charge in [-0.25, -0.2) is 23.7 Å². The minimum Gasteiger partial charge on any atom is -0.387 e. The van der Waals surface area contributed by atoms with Crippen molar-refractivity contribution in [2.24, 2.45) is 0 Å². The maximum absolute atomic E-state index is 13.9. The van der Waals surface area contributed by atoms with Gasteiger partial charge >= 0.3 is 6.18 Å². The number of amides is 1. The fraction of sp³-hybridized carbons (Fsp3) is 0.333. The minimum absolute atomic E-state index is 0.323. The van der Waals surface area contributed by atoms with Crippen molar-refractivity contribution in [3.8, 4) is 11.4 Å². The molecule has 4 rings (SSSR count). The Morgan fingerprint density at radius 3 is 2.31 bits per heavy atom. The van der Waals surface area contributed by atoms with Crippen LogP contribution in [-0.2, 0) is 6.18 Å². The van der Waals surface area contributed by atoms with Crippen LogP contribution in [-0.4, -0.2) is 37.5 Å². The van der Waals surface area contributed by atoms with Crippen LogP contribution in [0.1, 0.15) is 53.3 Å². The Morgan fingerprint density at radius 2 is 1.67 bits per heavy atom. The second-order valence-corrected chi connectivity index (χ2v) is 8.96. The number of hydrogen-bond acceptors (Lipinski definition) is 5. The lowest BCUT2D eigenvalue weighted by Crippen LogP contribution is -2.50. The molecule has 190 valence electrons. The lowest BCUT2D eigenvalue weighted by atomic mass is 9.75. The molecule has 1 aromatic carbocycles. The van der Waals surface area contributed by atoms with Crippen molar-refractivity contribution < 1.29 is 31.9 Å². The Kier molecular flexibility index (Phi) is 6.98. The van der Waals surface area contributed by atoms with Crippen molar-refractivity contribution in [3.63, 3.8) is 0 Å². The maximum atomic E-state index is 13.9. The molecule has 0 aliphatic heterocycles. The number of aliphatic hydroxyl groups is 1. The molecule has 1 aliphatic carbocycles. The summed E-state index contributed by atoms with van der Waals surface area (Å²) in [5.74, 6) is -3.73. The summed E-state index contributed by atoms with van der Waals surface area (Å²) in [7, 11) is 0. The summed E-state index contributed by atoms with van der Waals surface area (Å²) >= 11 is 5.86. The minimum atomic E-state index is -4.83. The molecule has 1 saturated carbocycles. The van der Waals surface area contributed by atoms with Gasteiger partial charge in [-0.2, -0.15) is 13.2 Å². The third-order valence-electron chi connectivity index (χ3n) is 6.11. The van der Waals surface area contributed by atoms with Crippen LogP contribution in [0.5, 0.6) is 0 Å². The first-order valence-electron chi connectivity index (χ1n) is 10.9. The van der Waals surface area contributed by atoms with Crippen LogP contribution in [0.15, 0.2) is 55.0 Å². The highest BCUT2D eigenvalue weighted by atomic mass is 35.5. The van der Waals surface area contributed by atoms with E-state index >= 15 is 0 Å². The Labute approximate surface area is 207 Å². The summed E-state index contributed by atoms with van der Waals surface area (Å²) in [5.41, 5.74) is -2.93. The fourth-order valence-corrected chi connectivity index (χ4v) is 4.50. The zero-order chi connectivity index (χ0) is 26.1. The molecule has 1 atom stereocenters. The van der Waals surface area contributed by atoms with E-state index in [1.165, 1.54) is 12.4 Å². The van der Waals surface area contributed by atoms with E-state index in [2.05, 4.69) is 20.3 Å². The number of alkyl halides is 5. The summed E-state index contributed by atoms with van der Waals surface area (Å²) in [6.45, 7) is 0. The number of halogens is 6. The van der Waals surface area contributed by atoms with E-state index < -0.39 is 58.8 Å². The Bertz CT molecular complexity index is 1250. The van der Waals surface area contributed by atoms with Gasteiger partial charge in [0.25, 0.3) is 5.91 Å². The first-order valence-corrected chi connectivity index (χ1v) is 11.3. The van der Waals surface area contributed by atoms with Gasteiger partial charge in [-0.3, -0.25) is 4.79 Å². The molecule has 6 nitrogen and oxygen atoms in total. The van der Waals surface area contributed by atoms with E-state index in [0.717, 1.165) is 6.20 Å². The van der Waals surface area contributed by atoms with Crippen molar-refractivity contribution in [1.29, 1.82) is 0 Å². The number of benzene rings is 1. The molecule has 0 radical (unpaired) electrons. The first-order chi connectivity index (χ1) is 16.9. The molecule has 1 unspecified atom stereocenters. The first kappa shape index (κ1) is 25.9. The van der Waals surface area contributed by atoms with Crippen molar-refractivity contribution in [2.75, 3.05) is 0 Å². The Balaban J connectivity index is 1.73. The molecule has 1 fully saturated rings. The van der Waals surface area contributed by atoms with Crippen molar-refractivity contribution in [2.45, 2.75) is 49.4 Å². The molecule has 1 aliphatic rings. The predicted molar refractivity (Wildman–Crippen MR) is 120 cm³/mol. The quantitative estimate of drug-likeness (QED) is 0.421. The molecule has 3 aromatic rings. The van der Waals surface area contributed by atoms with E-state index in [-0.39, 0.29) is 12.8 Å². The maximum Gasteiger partial charge on any atom is 0.417 e. The number of carbonyl (C=O) groups is 1. The van der Waals surface area contributed by atoms with Gasteiger partial charge in [0.1, 0.15) is 5.69 Å². The molecule has 12 heteroatoms. The number of hydrogen-bond donors (Lipinski definition) is 2. The standard InChI is InChI=1S/C24H20ClF5N4O2/c25-17-16(24(28,29)30)5-12-31-18(17)21(35)34-19(22(36)6-8-23(26,27)9-7-22)14-3-1-4-15(13-14)20-32-10-2-11-33-20/h1-5,10-13,19,36H,6-9H2,(H,34,35). The number of rotatable bonds is 5. The van der Waals surface area contributed by atoms with E-state index in [4.69, 9.17) is 11.6 Å². The van der Waals surface area contributed by atoms with Crippen LogP contribution in [0, 0.1) is 0 Å². The van der Waals surface area contributed by atoms with E-state index in [0.29, 0.717) is 23.0 Å². The Hall–Kier alpha value is -3.18. The van der Waals surface area contributed by atoms with Gasteiger partial charge in [-0.05, 0) is 36.6 Å². The lowest BCUT2D eigenvalue weighted by molar-refractivity contribution is -0.137. The van der Waals surface area contributed by atoms with Crippen LogP contribution in [0.3, 0.4) is 0 Å². The third-order valence-corrected chi connectivity index (χ3v) is 6.50. The molecular weight excluding hydrogens is 507 g/mol. The van der Waals surface area contributed by atoms with E-state index in [1.54, 1.807) is 30.3 Å². The van der Waals surface area contributed by atoms with Gasteiger partial charge < -0.3 is 10.4 Å². The zero-order valence-corrected chi connectivity index (χ0v) is 19.3. The summed E-state index contributed by atoms with van der Waals surface area (Å²) in [6, 6.07) is 7.41. The molecule has 36 heavy (non-hydrogen) atoms. The molecular formula is C24H20ClF5N4O2. The van der Waals surface area contributed by atoms with Crippen molar-refractivity contribution in [1.82, 2.24) is 20.3 Å². The number of pyridine rings is 1. The van der Waals surface area contributed by atoms with Crippen molar-refractivity contribution >= 4 is 17.5 Å². The number of carbonyl (C=O) groups excluding carboxylic acids is 1.